The Kier molecular flexibility index (Phi) is 7.32. The SMILES string of the molecule is CC(C)c1ccc(CC(=O)C2(C)CC2)cc1-c1ccc(C(=O)NCCCN(C)C)cc1. The Morgan fingerprint density at radius 1 is 1.06 bits per heavy atom. The summed E-state index contributed by atoms with van der Waals surface area (Å²) in [5.41, 5.74) is 5.14. The number of rotatable bonds is 10. The van der Waals surface area contributed by atoms with Crippen LogP contribution in [0.3, 0.4) is 0 Å². The number of amides is 1. The van der Waals surface area contributed by atoms with E-state index < -0.39 is 0 Å². The standard InChI is InChI=1S/C27H36N2O2/c1-19(2)23-12-7-20(18-25(30)27(3)13-14-27)17-24(23)21-8-10-22(11-9-21)26(31)28-15-6-16-29(4)5/h7-12,17,19H,6,13-16,18H2,1-5H3,(H,28,31). The Hall–Kier alpha value is -2.46. The summed E-state index contributed by atoms with van der Waals surface area (Å²) in [6, 6.07) is 14.2. The fourth-order valence-electron chi connectivity index (χ4n) is 3.83. The number of carbonyl (C=O) groups excluding carboxylic acids is 2. The summed E-state index contributed by atoms with van der Waals surface area (Å²) in [6.07, 6.45) is 3.46. The summed E-state index contributed by atoms with van der Waals surface area (Å²) >= 11 is 0. The first-order valence-electron chi connectivity index (χ1n) is 11.4. The molecule has 0 radical (unpaired) electrons. The summed E-state index contributed by atoms with van der Waals surface area (Å²) in [7, 11) is 4.06. The Morgan fingerprint density at radius 3 is 2.32 bits per heavy atom. The molecule has 1 N–H and O–H groups in total. The third-order valence-electron chi connectivity index (χ3n) is 6.30. The first-order valence-corrected chi connectivity index (χ1v) is 11.4. The van der Waals surface area contributed by atoms with E-state index in [0.29, 0.717) is 30.2 Å². The molecule has 4 nitrogen and oxygen atoms in total. The second-order valence-electron chi connectivity index (χ2n) is 9.73. The predicted molar refractivity (Wildman–Crippen MR) is 128 cm³/mol. The Morgan fingerprint density at radius 2 is 1.74 bits per heavy atom. The number of nitrogens with one attached hydrogen (secondary N) is 1. The van der Waals surface area contributed by atoms with E-state index in [1.165, 1.54) is 5.56 Å². The first-order chi connectivity index (χ1) is 14.7. The van der Waals surface area contributed by atoms with E-state index in [-0.39, 0.29) is 11.3 Å². The largest absolute Gasteiger partial charge is 0.352 e. The van der Waals surface area contributed by atoms with E-state index in [9.17, 15) is 9.59 Å². The van der Waals surface area contributed by atoms with Gasteiger partial charge in [-0.3, -0.25) is 9.59 Å². The van der Waals surface area contributed by atoms with Gasteiger partial charge in [-0.05, 0) is 80.2 Å². The molecule has 2 aromatic carbocycles. The number of benzene rings is 2. The van der Waals surface area contributed by atoms with Gasteiger partial charge in [0.15, 0.2) is 0 Å². The molecule has 0 aliphatic heterocycles. The van der Waals surface area contributed by atoms with Crippen molar-refractivity contribution in [2.75, 3.05) is 27.2 Å². The van der Waals surface area contributed by atoms with Crippen LogP contribution < -0.4 is 5.32 Å². The quantitative estimate of drug-likeness (QED) is 0.546. The molecular formula is C27H36N2O2. The molecule has 1 fully saturated rings. The molecular weight excluding hydrogens is 384 g/mol. The number of ketones is 1. The maximum Gasteiger partial charge on any atom is 0.251 e. The highest BCUT2D eigenvalue weighted by Gasteiger charge is 2.43. The number of hydrogen-bond donors (Lipinski definition) is 1. The highest BCUT2D eigenvalue weighted by atomic mass is 16.1. The average Bonchev–Trinajstić information content (AvgIpc) is 3.49. The lowest BCUT2D eigenvalue weighted by atomic mass is 9.88. The van der Waals surface area contributed by atoms with Crippen molar-refractivity contribution in [1.29, 1.82) is 0 Å². The van der Waals surface area contributed by atoms with Gasteiger partial charge in [0.1, 0.15) is 5.78 Å². The van der Waals surface area contributed by atoms with E-state index >= 15 is 0 Å². The van der Waals surface area contributed by atoms with Crippen LogP contribution in [0, 0.1) is 5.41 Å². The third-order valence-corrected chi connectivity index (χ3v) is 6.30. The van der Waals surface area contributed by atoms with Crippen molar-refractivity contribution in [3.63, 3.8) is 0 Å². The number of Topliss-reactive ketones (excluding diaryl/α,β-unsaturated/α-hetero) is 1. The molecule has 0 heterocycles. The third kappa shape index (κ3) is 6.04. The Bertz CT molecular complexity index is 925. The molecule has 0 saturated heterocycles. The molecule has 1 aliphatic rings. The first kappa shape index (κ1) is 23.2. The normalized spacial score (nSPS) is 14.7. The Balaban J connectivity index is 1.75. The van der Waals surface area contributed by atoms with Crippen molar-refractivity contribution in [2.45, 2.75) is 52.4 Å². The molecule has 0 spiro atoms. The van der Waals surface area contributed by atoms with Crippen LogP contribution in [0.4, 0.5) is 0 Å². The molecule has 166 valence electrons. The summed E-state index contributed by atoms with van der Waals surface area (Å²) in [5, 5.41) is 2.99. The van der Waals surface area contributed by atoms with Gasteiger partial charge in [-0.1, -0.05) is 51.1 Å². The van der Waals surface area contributed by atoms with Crippen LogP contribution in [0.25, 0.3) is 11.1 Å². The zero-order valence-electron chi connectivity index (χ0n) is 19.6. The van der Waals surface area contributed by atoms with E-state index in [2.05, 4.69) is 49.2 Å². The number of hydrogen-bond acceptors (Lipinski definition) is 3. The highest BCUT2D eigenvalue weighted by molar-refractivity contribution is 5.94. The zero-order valence-corrected chi connectivity index (χ0v) is 19.6. The smallest absolute Gasteiger partial charge is 0.251 e. The second kappa shape index (κ2) is 9.78. The van der Waals surface area contributed by atoms with Crippen LogP contribution in [-0.4, -0.2) is 43.8 Å². The van der Waals surface area contributed by atoms with Crippen LogP contribution in [0.15, 0.2) is 42.5 Å². The van der Waals surface area contributed by atoms with Gasteiger partial charge in [0.25, 0.3) is 5.91 Å². The van der Waals surface area contributed by atoms with Crippen LogP contribution >= 0.6 is 0 Å². The molecule has 0 unspecified atom stereocenters. The van der Waals surface area contributed by atoms with Gasteiger partial charge >= 0.3 is 0 Å². The highest BCUT2D eigenvalue weighted by Crippen LogP contribution is 2.46. The summed E-state index contributed by atoms with van der Waals surface area (Å²) in [5.74, 6) is 0.684. The maximum absolute atomic E-state index is 12.6. The van der Waals surface area contributed by atoms with Crippen molar-refractivity contribution < 1.29 is 9.59 Å². The van der Waals surface area contributed by atoms with Crippen molar-refractivity contribution in [3.8, 4) is 11.1 Å². The molecule has 3 rings (SSSR count). The van der Waals surface area contributed by atoms with Gasteiger partial charge in [-0.15, -0.1) is 0 Å². The van der Waals surface area contributed by atoms with Gasteiger partial charge in [0.05, 0.1) is 0 Å². The maximum atomic E-state index is 12.6. The molecule has 0 aromatic heterocycles. The lowest BCUT2D eigenvalue weighted by Gasteiger charge is -2.16. The molecule has 4 heteroatoms. The van der Waals surface area contributed by atoms with E-state index in [4.69, 9.17) is 0 Å². The van der Waals surface area contributed by atoms with E-state index in [1.807, 2.05) is 38.4 Å². The average molecular weight is 421 g/mol. The lowest BCUT2D eigenvalue weighted by molar-refractivity contribution is -0.122. The molecule has 1 saturated carbocycles. The van der Waals surface area contributed by atoms with Crippen molar-refractivity contribution in [1.82, 2.24) is 10.2 Å². The van der Waals surface area contributed by atoms with Crippen LogP contribution in [-0.2, 0) is 11.2 Å². The molecule has 31 heavy (non-hydrogen) atoms. The molecule has 0 bridgehead atoms. The topological polar surface area (TPSA) is 49.4 Å². The van der Waals surface area contributed by atoms with Crippen molar-refractivity contribution in [2.24, 2.45) is 5.41 Å². The van der Waals surface area contributed by atoms with Crippen molar-refractivity contribution >= 4 is 11.7 Å². The summed E-state index contributed by atoms with van der Waals surface area (Å²) in [6.45, 7) is 8.07. The van der Waals surface area contributed by atoms with Crippen LogP contribution in [0.2, 0.25) is 0 Å². The van der Waals surface area contributed by atoms with Gasteiger partial charge in [0, 0.05) is 23.9 Å². The second-order valence-corrected chi connectivity index (χ2v) is 9.73. The molecule has 1 aliphatic carbocycles. The monoisotopic (exact) mass is 420 g/mol. The van der Waals surface area contributed by atoms with Crippen LogP contribution in [0.5, 0.6) is 0 Å². The summed E-state index contributed by atoms with van der Waals surface area (Å²) in [4.78, 5) is 27.1. The molecule has 0 atom stereocenters. The van der Waals surface area contributed by atoms with E-state index in [1.54, 1.807) is 0 Å². The molecule has 2 aromatic rings. The molecule has 1 amide bonds. The van der Waals surface area contributed by atoms with Gasteiger partial charge in [0.2, 0.25) is 0 Å². The minimum atomic E-state index is -0.0988. The lowest BCUT2D eigenvalue weighted by Crippen LogP contribution is -2.27. The minimum absolute atomic E-state index is 0.0357. The van der Waals surface area contributed by atoms with E-state index in [0.717, 1.165) is 42.5 Å². The summed E-state index contributed by atoms with van der Waals surface area (Å²) < 4.78 is 0. The van der Waals surface area contributed by atoms with Crippen molar-refractivity contribution in [3.05, 3.63) is 59.2 Å². The zero-order chi connectivity index (χ0) is 22.6. The number of carbonyl (C=O) groups is 2. The Labute approximate surface area is 187 Å². The fraction of sp³-hybridized carbons (Fsp3) is 0.481. The van der Waals surface area contributed by atoms with Gasteiger partial charge < -0.3 is 10.2 Å². The minimum Gasteiger partial charge on any atom is -0.352 e. The van der Waals surface area contributed by atoms with Gasteiger partial charge in [-0.2, -0.15) is 0 Å². The van der Waals surface area contributed by atoms with Gasteiger partial charge in [-0.25, -0.2) is 0 Å². The van der Waals surface area contributed by atoms with Crippen LogP contribution in [0.1, 0.15) is 67.4 Å². The number of nitrogens with zero attached hydrogens (tertiary/aromatic N) is 1. The predicted octanol–water partition coefficient (Wildman–Crippen LogP) is 5.07. The fourth-order valence-corrected chi connectivity index (χ4v) is 3.83.